The molecule has 0 aromatic heterocycles. The summed E-state index contributed by atoms with van der Waals surface area (Å²) in [6.45, 7) is 6.03. The molecule has 5 heteroatoms. The Morgan fingerprint density at radius 2 is 1.70 bits per heavy atom. The van der Waals surface area contributed by atoms with Gasteiger partial charge in [0.25, 0.3) is 0 Å². The van der Waals surface area contributed by atoms with Crippen LogP contribution in [-0.4, -0.2) is 18.6 Å². The predicted octanol–water partition coefficient (Wildman–Crippen LogP) is 4.12. The molecule has 0 fully saturated rings. The second-order valence-corrected chi connectivity index (χ2v) is 5.20. The van der Waals surface area contributed by atoms with Crippen LogP contribution in [0, 0.1) is 13.8 Å². The fraction of sp³-hybridized carbons (Fsp3) is 0.222. The van der Waals surface area contributed by atoms with Gasteiger partial charge in [0.1, 0.15) is 0 Å². The van der Waals surface area contributed by atoms with Gasteiger partial charge in [-0.1, -0.05) is 17.7 Å². The first-order chi connectivity index (χ1) is 11.0. The topological polar surface area (TPSA) is 67.4 Å². The zero-order valence-corrected chi connectivity index (χ0v) is 13.5. The summed E-state index contributed by atoms with van der Waals surface area (Å²) in [6.07, 6.45) is 0. The Hall–Kier alpha value is -2.82. The number of nitrogens with one attached hydrogen (secondary N) is 2. The number of rotatable bonds is 4. The maximum Gasteiger partial charge on any atom is 0.338 e. The predicted molar refractivity (Wildman–Crippen MR) is 91.0 cm³/mol. The van der Waals surface area contributed by atoms with E-state index in [9.17, 15) is 9.59 Å². The van der Waals surface area contributed by atoms with Crippen molar-refractivity contribution in [3.8, 4) is 0 Å². The monoisotopic (exact) mass is 312 g/mol. The molecule has 0 atom stereocenters. The Bertz CT molecular complexity index is 709. The first kappa shape index (κ1) is 16.5. The van der Waals surface area contributed by atoms with E-state index in [1.165, 1.54) is 0 Å². The minimum absolute atomic E-state index is 0.330. The van der Waals surface area contributed by atoms with Crippen LogP contribution >= 0.6 is 0 Å². The molecule has 0 aliphatic heterocycles. The van der Waals surface area contributed by atoms with Crippen molar-refractivity contribution in [1.29, 1.82) is 0 Å². The highest BCUT2D eigenvalue weighted by Gasteiger charge is 2.08. The summed E-state index contributed by atoms with van der Waals surface area (Å²) in [5, 5.41) is 5.53. The second kappa shape index (κ2) is 7.45. The van der Waals surface area contributed by atoms with Gasteiger partial charge in [0.2, 0.25) is 0 Å². The van der Waals surface area contributed by atoms with E-state index < -0.39 is 0 Å². The van der Waals surface area contributed by atoms with E-state index in [0.29, 0.717) is 17.9 Å². The normalized spacial score (nSPS) is 10.0. The van der Waals surface area contributed by atoms with Crippen LogP contribution in [0.5, 0.6) is 0 Å². The molecule has 2 aromatic carbocycles. The maximum atomic E-state index is 12.0. The fourth-order valence-electron chi connectivity index (χ4n) is 2.14. The minimum Gasteiger partial charge on any atom is -0.462 e. The molecule has 0 heterocycles. The first-order valence-corrected chi connectivity index (χ1v) is 7.42. The average molecular weight is 312 g/mol. The number of anilines is 2. The Morgan fingerprint density at radius 3 is 2.30 bits per heavy atom. The van der Waals surface area contributed by atoms with Gasteiger partial charge in [-0.25, -0.2) is 9.59 Å². The van der Waals surface area contributed by atoms with Gasteiger partial charge in [-0.2, -0.15) is 0 Å². The van der Waals surface area contributed by atoms with Gasteiger partial charge in [0.05, 0.1) is 12.2 Å². The molecule has 0 aliphatic rings. The summed E-state index contributed by atoms with van der Waals surface area (Å²) in [5.74, 6) is -0.376. The van der Waals surface area contributed by atoms with Crippen LogP contribution in [0.3, 0.4) is 0 Å². The molecule has 0 aliphatic carbocycles. The molecule has 5 nitrogen and oxygen atoms in total. The van der Waals surface area contributed by atoms with Crippen LogP contribution in [0.4, 0.5) is 16.2 Å². The number of hydrogen-bond donors (Lipinski definition) is 2. The van der Waals surface area contributed by atoms with Crippen LogP contribution in [0.15, 0.2) is 42.5 Å². The van der Waals surface area contributed by atoms with Gasteiger partial charge < -0.3 is 15.4 Å². The molecule has 0 saturated heterocycles. The van der Waals surface area contributed by atoms with Crippen LogP contribution in [0.25, 0.3) is 0 Å². The zero-order valence-electron chi connectivity index (χ0n) is 13.5. The molecule has 0 radical (unpaired) electrons. The molecule has 0 bridgehead atoms. The molecule has 2 aromatic rings. The number of ether oxygens (including phenoxy) is 1. The van der Waals surface area contributed by atoms with E-state index >= 15 is 0 Å². The Labute approximate surface area is 135 Å². The van der Waals surface area contributed by atoms with Gasteiger partial charge >= 0.3 is 12.0 Å². The molecule has 120 valence electrons. The lowest BCUT2D eigenvalue weighted by molar-refractivity contribution is 0.0526. The summed E-state index contributed by atoms with van der Waals surface area (Å²) < 4.78 is 4.91. The summed E-state index contributed by atoms with van der Waals surface area (Å²) in [7, 11) is 0. The number of esters is 1. The van der Waals surface area contributed by atoms with Crippen molar-refractivity contribution < 1.29 is 14.3 Å². The van der Waals surface area contributed by atoms with Crippen LogP contribution in [0.1, 0.15) is 28.4 Å². The number of benzene rings is 2. The Morgan fingerprint density at radius 1 is 1.00 bits per heavy atom. The first-order valence-electron chi connectivity index (χ1n) is 7.42. The molecule has 0 saturated carbocycles. The third kappa shape index (κ3) is 4.57. The smallest absolute Gasteiger partial charge is 0.338 e. The second-order valence-electron chi connectivity index (χ2n) is 5.20. The molecular formula is C18H20N2O3. The highest BCUT2D eigenvalue weighted by molar-refractivity contribution is 6.00. The standard InChI is InChI=1S/C18H20N2O3/c1-4-23-17(21)14-6-8-15(9-7-14)19-18(22)20-16-10-5-12(2)11-13(16)3/h5-11H,4H2,1-3H3,(H2,19,20,22). The molecule has 0 spiro atoms. The van der Waals surface area contributed by atoms with E-state index in [1.54, 1.807) is 31.2 Å². The number of aryl methyl sites for hydroxylation is 2. The maximum absolute atomic E-state index is 12.0. The van der Waals surface area contributed by atoms with Gasteiger partial charge in [-0.05, 0) is 56.7 Å². The largest absolute Gasteiger partial charge is 0.462 e. The summed E-state index contributed by atoms with van der Waals surface area (Å²) in [4.78, 5) is 23.6. The van der Waals surface area contributed by atoms with Crippen LogP contribution < -0.4 is 10.6 Å². The minimum atomic E-state index is -0.376. The summed E-state index contributed by atoms with van der Waals surface area (Å²) in [6, 6.07) is 12.0. The quantitative estimate of drug-likeness (QED) is 0.834. The number of carbonyl (C=O) groups excluding carboxylic acids is 2. The van der Waals surface area contributed by atoms with E-state index in [2.05, 4.69) is 10.6 Å². The highest BCUT2D eigenvalue weighted by atomic mass is 16.5. The SMILES string of the molecule is CCOC(=O)c1ccc(NC(=O)Nc2ccc(C)cc2C)cc1. The van der Waals surface area contributed by atoms with Crippen molar-refractivity contribution in [2.75, 3.05) is 17.2 Å². The molecule has 2 N–H and O–H groups in total. The van der Waals surface area contributed by atoms with E-state index in [-0.39, 0.29) is 12.0 Å². The van der Waals surface area contributed by atoms with Crippen LogP contribution in [0.2, 0.25) is 0 Å². The van der Waals surface area contributed by atoms with Gasteiger partial charge in [-0.3, -0.25) is 0 Å². The fourth-order valence-corrected chi connectivity index (χ4v) is 2.14. The third-order valence-corrected chi connectivity index (χ3v) is 3.28. The lowest BCUT2D eigenvalue weighted by atomic mass is 10.1. The van der Waals surface area contributed by atoms with Gasteiger partial charge in [-0.15, -0.1) is 0 Å². The molecule has 0 unspecified atom stereocenters. The van der Waals surface area contributed by atoms with E-state index in [1.807, 2.05) is 32.0 Å². The molecule has 23 heavy (non-hydrogen) atoms. The van der Waals surface area contributed by atoms with Crippen LogP contribution in [-0.2, 0) is 4.74 Å². The Balaban J connectivity index is 1.98. The summed E-state index contributed by atoms with van der Waals surface area (Å²) >= 11 is 0. The van der Waals surface area contributed by atoms with E-state index in [0.717, 1.165) is 16.8 Å². The summed E-state index contributed by atoms with van der Waals surface area (Å²) in [5.41, 5.74) is 3.95. The van der Waals surface area contributed by atoms with Crippen molar-refractivity contribution in [2.45, 2.75) is 20.8 Å². The van der Waals surface area contributed by atoms with Crippen molar-refractivity contribution in [3.05, 3.63) is 59.2 Å². The van der Waals surface area contributed by atoms with Crippen molar-refractivity contribution >= 4 is 23.4 Å². The number of carbonyl (C=O) groups is 2. The van der Waals surface area contributed by atoms with Crippen molar-refractivity contribution in [3.63, 3.8) is 0 Å². The highest BCUT2D eigenvalue weighted by Crippen LogP contribution is 2.17. The number of amides is 2. The zero-order chi connectivity index (χ0) is 16.8. The lowest BCUT2D eigenvalue weighted by Crippen LogP contribution is -2.20. The van der Waals surface area contributed by atoms with Gasteiger partial charge in [0, 0.05) is 11.4 Å². The third-order valence-electron chi connectivity index (χ3n) is 3.28. The van der Waals surface area contributed by atoms with E-state index in [4.69, 9.17) is 4.74 Å². The number of hydrogen-bond acceptors (Lipinski definition) is 3. The molecule has 2 rings (SSSR count). The Kier molecular flexibility index (Phi) is 5.36. The van der Waals surface area contributed by atoms with Crippen molar-refractivity contribution in [1.82, 2.24) is 0 Å². The average Bonchev–Trinajstić information content (AvgIpc) is 2.51. The molecular weight excluding hydrogens is 292 g/mol. The van der Waals surface area contributed by atoms with Gasteiger partial charge in [0.15, 0.2) is 0 Å². The lowest BCUT2D eigenvalue weighted by Gasteiger charge is -2.11. The number of urea groups is 1. The van der Waals surface area contributed by atoms with Crippen molar-refractivity contribution in [2.24, 2.45) is 0 Å². The molecule has 2 amide bonds.